The summed E-state index contributed by atoms with van der Waals surface area (Å²) >= 11 is 0. The third-order valence-corrected chi connectivity index (χ3v) is 4.73. The van der Waals surface area contributed by atoms with Gasteiger partial charge < -0.3 is 21.3 Å². The third-order valence-electron chi connectivity index (χ3n) is 4.73. The number of nitrogens with zero attached hydrogens (tertiary/aromatic N) is 3. The molecule has 1 saturated heterocycles. The normalized spacial score (nSPS) is 16.2. The Balaban J connectivity index is 0.00000338. The number of anilines is 1. The van der Waals surface area contributed by atoms with E-state index in [1.807, 2.05) is 18.5 Å². The number of nitrogens with one attached hydrogen (secondary N) is 2. The van der Waals surface area contributed by atoms with Crippen LogP contribution in [0.5, 0.6) is 0 Å². The van der Waals surface area contributed by atoms with Crippen LogP contribution in [0.1, 0.15) is 39.7 Å². The average molecular weight is 423 g/mol. The molecule has 8 nitrogen and oxygen atoms in total. The second-order valence-corrected chi connectivity index (χ2v) is 6.86. The lowest BCUT2D eigenvalue weighted by Gasteiger charge is -2.31. The van der Waals surface area contributed by atoms with Crippen LogP contribution in [0.3, 0.4) is 0 Å². The van der Waals surface area contributed by atoms with Gasteiger partial charge in [0.2, 0.25) is 11.8 Å². The largest absolute Gasteiger partial charge is 0.346 e. The molecule has 1 aromatic rings. The molecule has 0 bridgehead atoms. The number of amides is 2. The summed E-state index contributed by atoms with van der Waals surface area (Å²) in [6.45, 7) is 8.94. The van der Waals surface area contributed by atoms with Gasteiger partial charge >= 0.3 is 0 Å². The molecule has 1 aromatic heterocycles. The number of likely N-dealkylation sites (tertiary alicyclic amines) is 1. The zero-order chi connectivity index (χ0) is 18.4. The number of nitrogens with two attached hydrogens (primary N) is 1. The summed E-state index contributed by atoms with van der Waals surface area (Å²) in [5.41, 5.74) is 5.76. The zero-order valence-corrected chi connectivity index (χ0v) is 17.8. The molecular formula is C17H32Cl2N6O2. The summed E-state index contributed by atoms with van der Waals surface area (Å²) < 4.78 is 1.88. The minimum absolute atomic E-state index is 0. The first-order chi connectivity index (χ1) is 11.9. The minimum atomic E-state index is -0.609. The van der Waals surface area contributed by atoms with Crippen LogP contribution in [0, 0.1) is 5.92 Å². The highest BCUT2D eigenvalue weighted by atomic mass is 35.5. The standard InChI is InChI=1S/C17H30N6O2.2ClH/c1-4-22-9-6-13(7-10-22)23-14(5-8-20-23)21-15(24)11-19-17(25)16(18)12(2)3;;/h5,8,12-13,16H,4,6-7,9-11,18H2,1-3H3,(H,19,25)(H,21,24);2*1H/t16-;;/m0../s1. The lowest BCUT2D eigenvalue weighted by molar-refractivity contribution is -0.125. The average Bonchev–Trinajstić information content (AvgIpc) is 3.06. The van der Waals surface area contributed by atoms with Crippen molar-refractivity contribution in [3.05, 3.63) is 12.3 Å². The van der Waals surface area contributed by atoms with E-state index in [2.05, 4.69) is 27.6 Å². The molecule has 10 heteroatoms. The number of hydrogen-bond donors (Lipinski definition) is 3. The number of hydrogen-bond acceptors (Lipinski definition) is 5. The van der Waals surface area contributed by atoms with Crippen molar-refractivity contribution in [3.8, 4) is 0 Å². The van der Waals surface area contributed by atoms with E-state index in [1.165, 1.54) is 0 Å². The summed E-state index contributed by atoms with van der Waals surface area (Å²) in [5.74, 6) is 0.100. The molecule has 2 amide bonds. The molecule has 2 rings (SSSR count). The minimum Gasteiger partial charge on any atom is -0.346 e. The van der Waals surface area contributed by atoms with E-state index in [9.17, 15) is 9.59 Å². The van der Waals surface area contributed by atoms with E-state index >= 15 is 0 Å². The van der Waals surface area contributed by atoms with Crippen molar-refractivity contribution in [2.75, 3.05) is 31.5 Å². The molecule has 0 radical (unpaired) electrons. The fourth-order valence-electron chi connectivity index (χ4n) is 2.96. The van der Waals surface area contributed by atoms with Crippen LogP contribution in [-0.4, -0.2) is 58.7 Å². The van der Waals surface area contributed by atoms with E-state index in [-0.39, 0.29) is 55.1 Å². The first-order valence-corrected chi connectivity index (χ1v) is 9.01. The van der Waals surface area contributed by atoms with Crippen LogP contribution in [0.25, 0.3) is 0 Å². The van der Waals surface area contributed by atoms with Gasteiger partial charge in [-0.2, -0.15) is 5.10 Å². The highest BCUT2D eigenvalue weighted by Gasteiger charge is 2.23. The lowest BCUT2D eigenvalue weighted by Crippen LogP contribution is -2.46. The number of piperidine rings is 1. The van der Waals surface area contributed by atoms with E-state index in [0.717, 1.165) is 32.5 Å². The highest BCUT2D eigenvalue weighted by Crippen LogP contribution is 2.25. The van der Waals surface area contributed by atoms with Crippen molar-refractivity contribution >= 4 is 42.4 Å². The highest BCUT2D eigenvalue weighted by molar-refractivity contribution is 5.94. The molecule has 1 aliphatic rings. The van der Waals surface area contributed by atoms with Crippen LogP contribution in [0.4, 0.5) is 5.82 Å². The van der Waals surface area contributed by atoms with E-state index < -0.39 is 6.04 Å². The Morgan fingerprint density at radius 1 is 1.30 bits per heavy atom. The van der Waals surface area contributed by atoms with Crippen LogP contribution in [-0.2, 0) is 9.59 Å². The van der Waals surface area contributed by atoms with Crippen molar-refractivity contribution in [1.82, 2.24) is 20.0 Å². The molecular weight excluding hydrogens is 391 g/mol. The van der Waals surface area contributed by atoms with Crippen LogP contribution in [0.15, 0.2) is 12.3 Å². The fraction of sp³-hybridized carbons (Fsp3) is 0.706. The van der Waals surface area contributed by atoms with Crippen LogP contribution in [0.2, 0.25) is 0 Å². The Bertz CT molecular complexity index is 588. The van der Waals surface area contributed by atoms with Crippen molar-refractivity contribution in [2.24, 2.45) is 11.7 Å². The predicted molar refractivity (Wildman–Crippen MR) is 112 cm³/mol. The van der Waals surface area contributed by atoms with E-state index in [4.69, 9.17) is 5.73 Å². The van der Waals surface area contributed by atoms with Crippen LogP contribution < -0.4 is 16.4 Å². The summed E-state index contributed by atoms with van der Waals surface area (Å²) in [6.07, 6.45) is 3.71. The zero-order valence-electron chi connectivity index (χ0n) is 16.2. The van der Waals surface area contributed by atoms with Crippen molar-refractivity contribution < 1.29 is 9.59 Å². The van der Waals surface area contributed by atoms with Crippen molar-refractivity contribution in [1.29, 1.82) is 0 Å². The van der Waals surface area contributed by atoms with Gasteiger partial charge in [-0.05, 0) is 25.3 Å². The molecule has 27 heavy (non-hydrogen) atoms. The maximum atomic E-state index is 12.1. The Kier molecular flexibility index (Phi) is 11.6. The Hall–Kier alpha value is -1.35. The maximum Gasteiger partial charge on any atom is 0.244 e. The lowest BCUT2D eigenvalue weighted by atomic mass is 10.1. The third kappa shape index (κ3) is 7.29. The smallest absolute Gasteiger partial charge is 0.244 e. The SMILES string of the molecule is CCN1CCC(n2nccc2NC(=O)CNC(=O)[C@@H](N)C(C)C)CC1.Cl.Cl. The monoisotopic (exact) mass is 422 g/mol. The maximum absolute atomic E-state index is 12.1. The van der Waals surface area contributed by atoms with Gasteiger partial charge in [0.1, 0.15) is 5.82 Å². The van der Waals surface area contributed by atoms with Gasteiger partial charge in [0.15, 0.2) is 0 Å². The molecule has 1 aliphatic heterocycles. The molecule has 156 valence electrons. The molecule has 0 unspecified atom stereocenters. The number of aromatic nitrogens is 2. The van der Waals surface area contributed by atoms with Crippen LogP contribution >= 0.6 is 24.8 Å². The van der Waals surface area contributed by atoms with E-state index in [0.29, 0.717) is 5.82 Å². The molecule has 4 N–H and O–H groups in total. The number of carbonyl (C=O) groups is 2. The van der Waals surface area contributed by atoms with Gasteiger partial charge in [0.05, 0.1) is 24.8 Å². The van der Waals surface area contributed by atoms with Crippen molar-refractivity contribution in [2.45, 2.75) is 45.7 Å². The Morgan fingerprint density at radius 2 is 1.93 bits per heavy atom. The Labute approximate surface area is 173 Å². The quantitative estimate of drug-likeness (QED) is 0.615. The number of rotatable bonds is 7. The summed E-state index contributed by atoms with van der Waals surface area (Å²) in [5, 5.41) is 9.77. The molecule has 0 aromatic carbocycles. The molecule has 0 saturated carbocycles. The fourth-order valence-corrected chi connectivity index (χ4v) is 2.96. The molecule has 0 aliphatic carbocycles. The Morgan fingerprint density at radius 3 is 2.48 bits per heavy atom. The van der Waals surface area contributed by atoms with E-state index in [1.54, 1.807) is 12.3 Å². The molecule has 1 atom stereocenters. The summed E-state index contributed by atoms with van der Waals surface area (Å²) in [4.78, 5) is 26.4. The molecule has 2 heterocycles. The van der Waals surface area contributed by atoms with Gasteiger partial charge in [-0.15, -0.1) is 24.8 Å². The number of halogens is 2. The first kappa shape index (κ1) is 25.6. The topological polar surface area (TPSA) is 105 Å². The molecule has 0 spiro atoms. The van der Waals surface area contributed by atoms with Gasteiger partial charge in [0, 0.05) is 19.2 Å². The number of carbonyl (C=O) groups excluding carboxylic acids is 2. The van der Waals surface area contributed by atoms with Crippen molar-refractivity contribution in [3.63, 3.8) is 0 Å². The summed E-state index contributed by atoms with van der Waals surface area (Å²) in [7, 11) is 0. The predicted octanol–water partition coefficient (Wildman–Crippen LogP) is 1.42. The second kappa shape index (κ2) is 12.2. The van der Waals surface area contributed by atoms with Gasteiger partial charge in [-0.1, -0.05) is 20.8 Å². The molecule has 1 fully saturated rings. The van der Waals surface area contributed by atoms with Gasteiger partial charge in [-0.25, -0.2) is 4.68 Å². The first-order valence-electron chi connectivity index (χ1n) is 9.01. The van der Waals surface area contributed by atoms with Gasteiger partial charge in [0.25, 0.3) is 0 Å². The summed E-state index contributed by atoms with van der Waals surface area (Å²) in [6, 6.07) is 1.46. The van der Waals surface area contributed by atoms with Gasteiger partial charge in [-0.3, -0.25) is 9.59 Å². The second-order valence-electron chi connectivity index (χ2n) is 6.86.